The molecule has 3 aromatic rings. The summed E-state index contributed by atoms with van der Waals surface area (Å²) in [5.74, 6) is -0.825. The van der Waals surface area contributed by atoms with Gasteiger partial charge in [0.2, 0.25) is 0 Å². The lowest BCUT2D eigenvalue weighted by atomic mass is 10.2. The van der Waals surface area contributed by atoms with Crippen LogP contribution in [0.4, 0.5) is 4.39 Å². The Balaban J connectivity index is 1.91. The van der Waals surface area contributed by atoms with E-state index in [2.05, 4.69) is 10.1 Å². The van der Waals surface area contributed by atoms with E-state index in [0.717, 1.165) is 5.69 Å². The van der Waals surface area contributed by atoms with Crippen molar-refractivity contribution >= 4 is 6.29 Å². The van der Waals surface area contributed by atoms with Crippen molar-refractivity contribution in [2.45, 2.75) is 0 Å². The second-order valence-corrected chi connectivity index (χ2v) is 4.19. The molecule has 0 saturated heterocycles. The van der Waals surface area contributed by atoms with E-state index >= 15 is 0 Å². The van der Waals surface area contributed by atoms with E-state index in [4.69, 9.17) is 4.74 Å². The fourth-order valence-electron chi connectivity index (χ4n) is 1.82. The molecule has 5 nitrogen and oxygen atoms in total. The molecule has 21 heavy (non-hydrogen) atoms. The number of benzene rings is 2. The van der Waals surface area contributed by atoms with Crippen molar-refractivity contribution in [1.29, 1.82) is 0 Å². The Bertz CT molecular complexity index is 772. The number of rotatable bonds is 4. The summed E-state index contributed by atoms with van der Waals surface area (Å²) in [5.41, 5.74) is 0.898. The largest absolute Gasteiger partial charge is 0.419 e. The van der Waals surface area contributed by atoms with Crippen molar-refractivity contribution in [1.82, 2.24) is 14.8 Å². The van der Waals surface area contributed by atoms with E-state index in [9.17, 15) is 9.18 Å². The molecule has 0 aliphatic carbocycles. The van der Waals surface area contributed by atoms with Gasteiger partial charge in [0.05, 0.1) is 11.3 Å². The quantitative estimate of drug-likeness (QED) is 0.691. The molecule has 0 unspecified atom stereocenters. The Morgan fingerprint density at radius 1 is 1.10 bits per heavy atom. The molecule has 0 aliphatic rings. The van der Waals surface area contributed by atoms with E-state index in [1.807, 2.05) is 30.3 Å². The minimum Gasteiger partial charge on any atom is -0.419 e. The maximum absolute atomic E-state index is 13.7. The highest BCUT2D eigenvalue weighted by atomic mass is 19.1. The Hall–Kier alpha value is -3.02. The first kappa shape index (κ1) is 13.0. The number of carbonyl (C=O) groups excluding carboxylic acids is 1. The molecule has 3 rings (SSSR count). The molecule has 0 bridgehead atoms. The van der Waals surface area contributed by atoms with Crippen molar-refractivity contribution in [3.63, 3.8) is 0 Å². The van der Waals surface area contributed by atoms with Gasteiger partial charge in [-0.3, -0.25) is 4.79 Å². The summed E-state index contributed by atoms with van der Waals surface area (Å²) in [6.07, 6.45) is 1.97. The number of para-hydroxylation sites is 2. The molecule has 0 atom stereocenters. The minimum atomic E-state index is -0.643. The molecule has 6 heteroatoms. The number of hydrogen-bond acceptors (Lipinski definition) is 4. The average molecular weight is 283 g/mol. The van der Waals surface area contributed by atoms with Crippen LogP contribution in [0.15, 0.2) is 54.9 Å². The molecular weight excluding hydrogens is 273 g/mol. The second-order valence-electron chi connectivity index (χ2n) is 4.19. The second kappa shape index (κ2) is 5.54. The molecule has 1 heterocycles. The van der Waals surface area contributed by atoms with Crippen LogP contribution in [-0.2, 0) is 0 Å². The van der Waals surface area contributed by atoms with Crippen molar-refractivity contribution in [3.05, 3.63) is 66.2 Å². The topological polar surface area (TPSA) is 57.0 Å². The van der Waals surface area contributed by atoms with Crippen LogP contribution >= 0.6 is 0 Å². The van der Waals surface area contributed by atoms with Crippen molar-refractivity contribution in [2.24, 2.45) is 0 Å². The first-order valence-corrected chi connectivity index (χ1v) is 6.16. The maximum Gasteiger partial charge on any atom is 0.341 e. The average Bonchev–Trinajstić information content (AvgIpc) is 2.99. The van der Waals surface area contributed by atoms with E-state index in [0.29, 0.717) is 6.29 Å². The highest BCUT2D eigenvalue weighted by molar-refractivity contribution is 5.79. The lowest BCUT2D eigenvalue weighted by Gasteiger charge is -2.04. The third-order valence-electron chi connectivity index (χ3n) is 2.81. The van der Waals surface area contributed by atoms with Crippen LogP contribution in [0.1, 0.15) is 10.4 Å². The molecule has 0 saturated carbocycles. The number of halogens is 1. The third kappa shape index (κ3) is 2.64. The van der Waals surface area contributed by atoms with E-state index in [1.54, 1.807) is 0 Å². The standard InChI is InChI=1S/C15H10FN3O2/c16-13-8-4-5-11(9-20)14(13)21-15-17-10-19(18-15)12-6-2-1-3-7-12/h1-10H. The van der Waals surface area contributed by atoms with Crippen molar-refractivity contribution < 1.29 is 13.9 Å². The monoisotopic (exact) mass is 283 g/mol. The number of hydrogen-bond donors (Lipinski definition) is 0. The van der Waals surface area contributed by atoms with Crippen LogP contribution in [-0.4, -0.2) is 21.1 Å². The summed E-state index contributed by atoms with van der Waals surface area (Å²) in [6.45, 7) is 0. The Morgan fingerprint density at radius 3 is 2.67 bits per heavy atom. The summed E-state index contributed by atoms with van der Waals surface area (Å²) in [4.78, 5) is 14.9. The van der Waals surface area contributed by atoms with Gasteiger partial charge < -0.3 is 4.74 Å². The van der Waals surface area contributed by atoms with Crippen molar-refractivity contribution in [3.8, 4) is 17.4 Å². The summed E-state index contributed by atoms with van der Waals surface area (Å²) >= 11 is 0. The van der Waals surface area contributed by atoms with Gasteiger partial charge in [-0.25, -0.2) is 9.07 Å². The van der Waals surface area contributed by atoms with Gasteiger partial charge >= 0.3 is 6.01 Å². The minimum absolute atomic E-state index is 0.0351. The predicted octanol–water partition coefficient (Wildman–Crippen LogP) is 3.01. The highest BCUT2D eigenvalue weighted by Gasteiger charge is 2.13. The van der Waals surface area contributed by atoms with Gasteiger partial charge in [0.15, 0.2) is 17.9 Å². The van der Waals surface area contributed by atoms with E-state index in [-0.39, 0.29) is 17.3 Å². The number of nitrogens with zero attached hydrogens (tertiary/aromatic N) is 3. The summed E-state index contributed by atoms with van der Waals surface area (Å²) in [7, 11) is 0. The first-order valence-electron chi connectivity index (χ1n) is 6.16. The molecule has 0 aliphatic heterocycles. The molecule has 0 radical (unpaired) electrons. The molecular formula is C15H10FN3O2. The summed E-state index contributed by atoms with van der Waals surface area (Å²) in [6, 6.07) is 13.4. The van der Waals surface area contributed by atoms with Crippen LogP contribution < -0.4 is 4.74 Å². The Morgan fingerprint density at radius 2 is 1.90 bits per heavy atom. The number of aromatic nitrogens is 3. The smallest absolute Gasteiger partial charge is 0.341 e. The molecule has 1 aromatic heterocycles. The van der Waals surface area contributed by atoms with Gasteiger partial charge in [-0.2, -0.15) is 4.98 Å². The van der Waals surface area contributed by atoms with Gasteiger partial charge in [0.1, 0.15) is 6.33 Å². The number of aldehydes is 1. The molecule has 2 aromatic carbocycles. The SMILES string of the molecule is O=Cc1cccc(F)c1Oc1ncn(-c2ccccc2)n1. The van der Waals surface area contributed by atoms with Gasteiger partial charge in [-0.1, -0.05) is 24.3 Å². The van der Waals surface area contributed by atoms with Gasteiger partial charge in [0, 0.05) is 0 Å². The molecule has 0 amide bonds. The van der Waals surface area contributed by atoms with Crippen LogP contribution in [0, 0.1) is 5.82 Å². The van der Waals surface area contributed by atoms with E-state index < -0.39 is 5.82 Å². The van der Waals surface area contributed by atoms with Crippen LogP contribution in [0.5, 0.6) is 11.8 Å². The zero-order valence-electron chi connectivity index (χ0n) is 10.8. The lowest BCUT2D eigenvalue weighted by molar-refractivity contribution is 0.112. The first-order chi connectivity index (χ1) is 10.3. The van der Waals surface area contributed by atoms with Crippen LogP contribution in [0.2, 0.25) is 0 Å². The normalized spacial score (nSPS) is 10.3. The molecule has 0 fully saturated rings. The highest BCUT2D eigenvalue weighted by Crippen LogP contribution is 2.25. The van der Waals surface area contributed by atoms with Gasteiger partial charge in [0.25, 0.3) is 0 Å². The zero-order chi connectivity index (χ0) is 14.7. The maximum atomic E-state index is 13.7. The van der Waals surface area contributed by atoms with Gasteiger partial charge in [-0.15, -0.1) is 5.10 Å². The fourth-order valence-corrected chi connectivity index (χ4v) is 1.82. The zero-order valence-corrected chi connectivity index (χ0v) is 10.8. The Labute approximate surface area is 119 Å². The summed E-state index contributed by atoms with van der Waals surface area (Å²) < 4.78 is 20.5. The van der Waals surface area contributed by atoms with Crippen LogP contribution in [0.25, 0.3) is 5.69 Å². The molecule has 0 spiro atoms. The van der Waals surface area contributed by atoms with E-state index in [1.165, 1.54) is 29.2 Å². The lowest BCUT2D eigenvalue weighted by Crippen LogP contribution is -1.97. The van der Waals surface area contributed by atoms with Gasteiger partial charge in [-0.05, 0) is 24.3 Å². The third-order valence-corrected chi connectivity index (χ3v) is 2.81. The number of carbonyl (C=O) groups is 1. The molecule has 0 N–H and O–H groups in total. The van der Waals surface area contributed by atoms with Crippen molar-refractivity contribution in [2.75, 3.05) is 0 Å². The van der Waals surface area contributed by atoms with Crippen LogP contribution in [0.3, 0.4) is 0 Å². The summed E-state index contributed by atoms with van der Waals surface area (Å²) in [5, 5.41) is 4.09. The Kier molecular flexibility index (Phi) is 3.42. The fraction of sp³-hybridized carbons (Fsp3) is 0. The number of ether oxygens (including phenoxy) is 1. The predicted molar refractivity (Wildman–Crippen MR) is 73.2 cm³/mol. The molecule has 104 valence electrons.